The normalized spacial score (nSPS) is 21.6. The average molecular weight is 458 g/mol. The molecule has 2 aliphatic rings. The van der Waals surface area contributed by atoms with Crippen LogP contribution < -0.4 is 10.7 Å². The van der Waals surface area contributed by atoms with Crippen LogP contribution in [0.5, 0.6) is 0 Å². The molecule has 1 saturated carbocycles. The number of hydrogen-bond donors (Lipinski definition) is 2. The Balaban J connectivity index is 1.31. The van der Waals surface area contributed by atoms with Gasteiger partial charge in [0.15, 0.2) is 0 Å². The number of urea groups is 1. The second-order valence-corrected chi connectivity index (χ2v) is 9.35. The van der Waals surface area contributed by atoms with Crippen molar-refractivity contribution < 1.29 is 14.4 Å². The Bertz CT molecular complexity index is 977. The monoisotopic (exact) mass is 457 g/mol. The minimum absolute atomic E-state index is 0.00904. The summed E-state index contributed by atoms with van der Waals surface area (Å²) in [5.41, 5.74) is 2.43. The Morgan fingerprint density at radius 1 is 1.22 bits per heavy atom. The number of aryl methyl sites for hydroxylation is 1. The van der Waals surface area contributed by atoms with Crippen LogP contribution in [0.3, 0.4) is 0 Å². The lowest BCUT2D eigenvalue weighted by atomic mass is 9.93. The van der Waals surface area contributed by atoms with Gasteiger partial charge in [-0.05, 0) is 48.6 Å². The van der Waals surface area contributed by atoms with Gasteiger partial charge in [-0.2, -0.15) is 5.01 Å². The molecule has 4 amide bonds. The fraction of sp³-hybridized carbons (Fsp3) is 0.524. The molecule has 32 heavy (non-hydrogen) atoms. The van der Waals surface area contributed by atoms with Gasteiger partial charge in [0, 0.05) is 0 Å². The van der Waals surface area contributed by atoms with Gasteiger partial charge >= 0.3 is 6.03 Å². The average Bonchev–Trinajstić information content (AvgIpc) is 3.36. The summed E-state index contributed by atoms with van der Waals surface area (Å²) in [5, 5.41) is 15.9. The lowest BCUT2D eigenvalue weighted by Crippen LogP contribution is -2.49. The lowest BCUT2D eigenvalue weighted by Gasteiger charge is -2.22. The summed E-state index contributed by atoms with van der Waals surface area (Å²) in [4.78, 5) is 37.7. The Morgan fingerprint density at radius 2 is 1.97 bits per heavy atom. The maximum Gasteiger partial charge on any atom is 0.344 e. The molecule has 1 aliphatic carbocycles. The summed E-state index contributed by atoms with van der Waals surface area (Å²) in [6.07, 6.45) is 6.61. The van der Waals surface area contributed by atoms with Crippen LogP contribution in [0.25, 0.3) is 0 Å². The van der Waals surface area contributed by atoms with Crippen LogP contribution in [0.4, 0.5) is 4.79 Å². The SMILES string of the molecule is C[C@@]1(CCc2ccccc2)NC(=O)N(NC(=O)CSc2nnnn2C2CCCCC2)C1=O. The van der Waals surface area contributed by atoms with E-state index in [2.05, 4.69) is 26.3 Å². The predicted octanol–water partition coefficient (Wildman–Crippen LogP) is 2.24. The van der Waals surface area contributed by atoms with Crippen molar-refractivity contribution >= 4 is 29.6 Å². The van der Waals surface area contributed by atoms with Gasteiger partial charge < -0.3 is 5.32 Å². The van der Waals surface area contributed by atoms with Gasteiger partial charge in [-0.25, -0.2) is 9.48 Å². The largest absolute Gasteiger partial charge is 0.344 e. The fourth-order valence-electron chi connectivity index (χ4n) is 4.12. The number of amides is 4. The number of hydrazine groups is 1. The van der Waals surface area contributed by atoms with Gasteiger partial charge in [-0.15, -0.1) is 5.10 Å². The number of hydrogen-bond acceptors (Lipinski definition) is 7. The molecule has 1 saturated heterocycles. The van der Waals surface area contributed by atoms with Crippen LogP contribution in [0.1, 0.15) is 57.1 Å². The van der Waals surface area contributed by atoms with Crippen LogP contribution >= 0.6 is 11.8 Å². The van der Waals surface area contributed by atoms with Gasteiger partial charge in [0.1, 0.15) is 5.54 Å². The zero-order valence-electron chi connectivity index (χ0n) is 18.0. The molecule has 4 rings (SSSR count). The highest BCUT2D eigenvalue weighted by Crippen LogP contribution is 2.30. The van der Waals surface area contributed by atoms with Gasteiger partial charge in [0.05, 0.1) is 11.8 Å². The second-order valence-electron chi connectivity index (χ2n) is 8.41. The van der Waals surface area contributed by atoms with Crippen molar-refractivity contribution in [1.29, 1.82) is 0 Å². The molecule has 1 aromatic carbocycles. The molecule has 0 unspecified atom stereocenters. The number of carbonyl (C=O) groups is 3. The molecule has 2 fully saturated rings. The first-order chi connectivity index (χ1) is 15.5. The standard InChI is InChI=1S/C21H27N7O3S/c1-21(13-12-15-8-4-2-5-9-15)18(30)28(19(31)22-21)24-17(29)14-32-20-23-25-26-27(20)16-10-6-3-7-11-16/h2,4-5,8-9,16H,3,6-7,10-14H2,1H3,(H,22,31)(H,24,29)/t21-/m0/s1. The number of thioether (sulfide) groups is 1. The number of nitrogens with one attached hydrogen (secondary N) is 2. The van der Waals surface area contributed by atoms with Gasteiger partial charge in [0.2, 0.25) is 11.1 Å². The van der Waals surface area contributed by atoms with E-state index in [1.165, 1.54) is 18.2 Å². The first-order valence-corrected chi connectivity index (χ1v) is 11.9. The summed E-state index contributed by atoms with van der Waals surface area (Å²) in [6, 6.07) is 9.36. The van der Waals surface area contributed by atoms with Crippen LogP contribution in [0, 0.1) is 0 Å². The smallest absolute Gasteiger partial charge is 0.322 e. The molecule has 1 atom stereocenters. The predicted molar refractivity (Wildman–Crippen MR) is 117 cm³/mol. The molecule has 1 aliphatic heterocycles. The quantitative estimate of drug-likeness (QED) is 0.460. The molecule has 0 radical (unpaired) electrons. The summed E-state index contributed by atoms with van der Waals surface area (Å²) in [5.74, 6) is -0.946. The first kappa shape index (κ1) is 22.3. The highest BCUT2D eigenvalue weighted by Gasteiger charge is 2.48. The summed E-state index contributed by atoms with van der Waals surface area (Å²) >= 11 is 1.19. The van der Waals surface area contributed by atoms with E-state index in [1.807, 2.05) is 30.3 Å². The zero-order chi connectivity index (χ0) is 22.6. The number of nitrogens with zero attached hydrogens (tertiary/aromatic N) is 5. The van der Waals surface area contributed by atoms with Crippen LogP contribution in [0.2, 0.25) is 0 Å². The van der Waals surface area contributed by atoms with Crippen molar-refractivity contribution in [3.8, 4) is 0 Å². The topological polar surface area (TPSA) is 122 Å². The maximum atomic E-state index is 12.9. The highest BCUT2D eigenvalue weighted by molar-refractivity contribution is 7.99. The van der Waals surface area contributed by atoms with Crippen LogP contribution in [0.15, 0.2) is 35.5 Å². The van der Waals surface area contributed by atoms with E-state index in [4.69, 9.17) is 0 Å². The number of rotatable bonds is 8. The number of imide groups is 1. The third-order valence-electron chi connectivity index (χ3n) is 5.97. The molecule has 170 valence electrons. The van der Waals surface area contributed by atoms with E-state index in [-0.39, 0.29) is 11.8 Å². The van der Waals surface area contributed by atoms with E-state index in [0.29, 0.717) is 18.0 Å². The van der Waals surface area contributed by atoms with Crippen molar-refractivity contribution in [2.24, 2.45) is 0 Å². The third-order valence-corrected chi connectivity index (χ3v) is 6.90. The Kier molecular flexibility index (Phi) is 6.73. The van der Waals surface area contributed by atoms with E-state index in [1.54, 1.807) is 11.6 Å². The van der Waals surface area contributed by atoms with Crippen molar-refractivity contribution in [2.75, 3.05) is 5.75 Å². The molecule has 0 spiro atoms. The summed E-state index contributed by atoms with van der Waals surface area (Å²) < 4.78 is 1.78. The van der Waals surface area contributed by atoms with Crippen molar-refractivity contribution in [1.82, 2.24) is 36.0 Å². The highest BCUT2D eigenvalue weighted by atomic mass is 32.2. The Morgan fingerprint density at radius 3 is 2.72 bits per heavy atom. The maximum absolute atomic E-state index is 12.9. The Hall–Kier alpha value is -2.95. The van der Waals surface area contributed by atoms with Gasteiger partial charge in [0.25, 0.3) is 5.91 Å². The molecular formula is C21H27N7O3S. The number of carbonyl (C=O) groups excluding carboxylic acids is 3. The number of aromatic nitrogens is 4. The minimum Gasteiger partial charge on any atom is -0.322 e. The van der Waals surface area contributed by atoms with Crippen molar-refractivity contribution in [2.45, 2.75) is 68.6 Å². The fourth-order valence-corrected chi connectivity index (χ4v) is 4.85. The first-order valence-electron chi connectivity index (χ1n) is 10.9. The van der Waals surface area contributed by atoms with E-state index in [9.17, 15) is 14.4 Å². The molecule has 10 nitrogen and oxygen atoms in total. The number of tetrazole rings is 1. The van der Waals surface area contributed by atoms with Crippen LogP contribution in [-0.4, -0.2) is 54.4 Å². The summed E-state index contributed by atoms with van der Waals surface area (Å²) in [6.45, 7) is 1.68. The van der Waals surface area contributed by atoms with Gasteiger partial charge in [-0.1, -0.05) is 61.4 Å². The van der Waals surface area contributed by atoms with Crippen LogP contribution in [-0.2, 0) is 16.0 Å². The zero-order valence-corrected chi connectivity index (χ0v) is 18.8. The molecule has 0 bridgehead atoms. The molecule has 11 heteroatoms. The summed E-state index contributed by atoms with van der Waals surface area (Å²) in [7, 11) is 0. The van der Waals surface area contributed by atoms with Crippen molar-refractivity contribution in [3.63, 3.8) is 0 Å². The van der Waals surface area contributed by atoms with Crippen molar-refractivity contribution in [3.05, 3.63) is 35.9 Å². The molecule has 2 aromatic rings. The third kappa shape index (κ3) is 4.93. The number of benzene rings is 1. The second kappa shape index (κ2) is 9.68. The molecule has 1 aromatic heterocycles. The lowest BCUT2D eigenvalue weighted by molar-refractivity contribution is -0.138. The minimum atomic E-state index is -1.07. The van der Waals surface area contributed by atoms with Gasteiger partial charge in [-0.3, -0.25) is 15.0 Å². The van der Waals surface area contributed by atoms with E-state index < -0.39 is 23.4 Å². The molecule has 2 N–H and O–H groups in total. The Labute approximate surface area is 190 Å². The molecule has 2 heterocycles. The molecular weight excluding hydrogens is 430 g/mol. The van der Waals surface area contributed by atoms with E-state index >= 15 is 0 Å². The van der Waals surface area contributed by atoms with E-state index in [0.717, 1.165) is 36.3 Å².